The number of nitrogens with zero attached hydrogens (tertiary/aromatic N) is 2. The van der Waals surface area contributed by atoms with Crippen molar-refractivity contribution in [2.45, 2.75) is 6.42 Å². The Morgan fingerprint density at radius 1 is 1.18 bits per heavy atom. The van der Waals surface area contributed by atoms with Gasteiger partial charge in [-0.2, -0.15) is 5.26 Å². The van der Waals surface area contributed by atoms with Crippen LogP contribution in [0.3, 0.4) is 0 Å². The first-order valence-corrected chi connectivity index (χ1v) is 5.83. The molecule has 0 N–H and O–H groups in total. The molecule has 0 radical (unpaired) electrons. The van der Waals surface area contributed by atoms with Crippen molar-refractivity contribution in [2.24, 2.45) is 0 Å². The number of aromatic nitrogens is 1. The van der Waals surface area contributed by atoms with E-state index < -0.39 is 0 Å². The zero-order chi connectivity index (χ0) is 12.1. The Bertz CT molecular complexity index is 546. The van der Waals surface area contributed by atoms with Gasteiger partial charge in [0.25, 0.3) is 0 Å². The first-order valence-electron chi connectivity index (χ1n) is 5.04. The van der Waals surface area contributed by atoms with E-state index in [-0.39, 0.29) is 6.42 Å². The minimum Gasteiger partial charge on any atom is -0.439 e. The van der Waals surface area contributed by atoms with Gasteiger partial charge in [0.05, 0.1) is 18.2 Å². The molecule has 1 aromatic carbocycles. The standard InChI is InChI=1S/C13H9BrN2O/c14-10-4-6-12(7-5-10)17-13-3-1-2-11(16-13)8-9-15/h1-7H,8H2. The summed E-state index contributed by atoms with van der Waals surface area (Å²) < 4.78 is 6.58. The zero-order valence-corrected chi connectivity index (χ0v) is 10.5. The molecule has 0 aliphatic rings. The van der Waals surface area contributed by atoms with Crippen molar-refractivity contribution < 1.29 is 4.74 Å². The Balaban J connectivity index is 2.16. The normalized spacial score (nSPS) is 9.65. The zero-order valence-electron chi connectivity index (χ0n) is 8.93. The summed E-state index contributed by atoms with van der Waals surface area (Å²) in [5, 5.41) is 8.59. The second-order valence-electron chi connectivity index (χ2n) is 3.36. The van der Waals surface area contributed by atoms with Gasteiger partial charge in [0.15, 0.2) is 0 Å². The molecular formula is C13H9BrN2O. The third-order valence-corrected chi connectivity index (χ3v) is 2.61. The van der Waals surface area contributed by atoms with E-state index in [9.17, 15) is 0 Å². The Morgan fingerprint density at radius 2 is 1.94 bits per heavy atom. The molecule has 0 fully saturated rings. The summed E-state index contributed by atoms with van der Waals surface area (Å²) in [4.78, 5) is 4.22. The molecule has 0 aliphatic heterocycles. The van der Waals surface area contributed by atoms with Crippen LogP contribution < -0.4 is 4.74 Å². The van der Waals surface area contributed by atoms with E-state index in [1.165, 1.54) is 0 Å². The molecule has 84 valence electrons. The van der Waals surface area contributed by atoms with Crippen molar-refractivity contribution >= 4 is 15.9 Å². The lowest BCUT2D eigenvalue weighted by Gasteiger charge is -2.05. The highest BCUT2D eigenvalue weighted by atomic mass is 79.9. The third-order valence-electron chi connectivity index (χ3n) is 2.08. The molecule has 17 heavy (non-hydrogen) atoms. The fourth-order valence-corrected chi connectivity index (χ4v) is 1.58. The highest BCUT2D eigenvalue weighted by Crippen LogP contribution is 2.21. The van der Waals surface area contributed by atoms with Gasteiger partial charge in [-0.25, -0.2) is 4.98 Å². The van der Waals surface area contributed by atoms with Gasteiger partial charge in [0.2, 0.25) is 5.88 Å². The van der Waals surface area contributed by atoms with Gasteiger partial charge < -0.3 is 4.74 Å². The fourth-order valence-electron chi connectivity index (χ4n) is 1.32. The molecule has 2 rings (SSSR count). The van der Waals surface area contributed by atoms with Crippen molar-refractivity contribution in [1.82, 2.24) is 4.98 Å². The number of hydrogen-bond acceptors (Lipinski definition) is 3. The number of rotatable bonds is 3. The first kappa shape index (κ1) is 11.6. The molecule has 1 heterocycles. The van der Waals surface area contributed by atoms with Gasteiger partial charge in [0.1, 0.15) is 5.75 Å². The highest BCUT2D eigenvalue weighted by molar-refractivity contribution is 9.10. The molecule has 0 amide bonds. The molecule has 0 saturated heterocycles. The van der Waals surface area contributed by atoms with Gasteiger partial charge in [-0.05, 0) is 30.3 Å². The van der Waals surface area contributed by atoms with Gasteiger partial charge in [-0.1, -0.05) is 22.0 Å². The lowest BCUT2D eigenvalue weighted by atomic mass is 10.3. The molecule has 0 bridgehead atoms. The van der Waals surface area contributed by atoms with E-state index in [0.717, 1.165) is 10.2 Å². The van der Waals surface area contributed by atoms with Crippen molar-refractivity contribution in [3.63, 3.8) is 0 Å². The van der Waals surface area contributed by atoms with E-state index in [1.54, 1.807) is 12.1 Å². The SMILES string of the molecule is N#CCc1cccc(Oc2ccc(Br)cc2)n1. The summed E-state index contributed by atoms with van der Waals surface area (Å²) in [6.07, 6.45) is 0.289. The number of nitriles is 1. The van der Waals surface area contributed by atoms with Crippen LogP contribution in [0, 0.1) is 11.3 Å². The number of hydrogen-bond donors (Lipinski definition) is 0. The maximum absolute atomic E-state index is 8.59. The van der Waals surface area contributed by atoms with Crippen LogP contribution in [0.4, 0.5) is 0 Å². The number of pyridine rings is 1. The quantitative estimate of drug-likeness (QED) is 0.865. The van der Waals surface area contributed by atoms with E-state index in [2.05, 4.69) is 27.0 Å². The number of halogens is 1. The maximum Gasteiger partial charge on any atom is 0.219 e. The highest BCUT2D eigenvalue weighted by Gasteiger charge is 2.00. The van der Waals surface area contributed by atoms with Crippen molar-refractivity contribution in [1.29, 1.82) is 5.26 Å². The minimum absolute atomic E-state index is 0.289. The first-order chi connectivity index (χ1) is 8.28. The lowest BCUT2D eigenvalue weighted by Crippen LogP contribution is -1.92. The van der Waals surface area contributed by atoms with Crippen LogP contribution in [0.2, 0.25) is 0 Å². The molecule has 0 saturated carbocycles. The van der Waals surface area contributed by atoms with Gasteiger partial charge in [-0.3, -0.25) is 0 Å². The van der Waals surface area contributed by atoms with Gasteiger partial charge in [0, 0.05) is 10.5 Å². The average molecular weight is 289 g/mol. The number of benzene rings is 1. The van der Waals surface area contributed by atoms with Crippen LogP contribution >= 0.6 is 15.9 Å². The van der Waals surface area contributed by atoms with Gasteiger partial charge in [-0.15, -0.1) is 0 Å². The molecule has 0 atom stereocenters. The number of ether oxygens (including phenoxy) is 1. The molecule has 4 heteroatoms. The molecule has 1 aromatic heterocycles. The Morgan fingerprint density at radius 3 is 2.65 bits per heavy atom. The van der Waals surface area contributed by atoms with Crippen LogP contribution in [0.5, 0.6) is 11.6 Å². The average Bonchev–Trinajstić information content (AvgIpc) is 2.33. The van der Waals surface area contributed by atoms with E-state index in [0.29, 0.717) is 11.6 Å². The molecule has 0 aliphatic carbocycles. The topological polar surface area (TPSA) is 45.9 Å². The van der Waals surface area contributed by atoms with Crippen LogP contribution in [0.1, 0.15) is 5.69 Å². The third kappa shape index (κ3) is 3.30. The summed E-state index contributed by atoms with van der Waals surface area (Å²) in [5.74, 6) is 1.22. The van der Waals surface area contributed by atoms with Crippen LogP contribution in [-0.4, -0.2) is 4.98 Å². The largest absolute Gasteiger partial charge is 0.439 e. The van der Waals surface area contributed by atoms with Crippen molar-refractivity contribution in [3.8, 4) is 17.7 Å². The summed E-state index contributed by atoms with van der Waals surface area (Å²) in [6, 6.07) is 14.9. The Kier molecular flexibility index (Phi) is 3.73. The predicted octanol–water partition coefficient (Wildman–Crippen LogP) is 3.70. The van der Waals surface area contributed by atoms with Crippen molar-refractivity contribution in [2.75, 3.05) is 0 Å². The minimum atomic E-state index is 0.289. The monoisotopic (exact) mass is 288 g/mol. The molecule has 2 aromatic rings. The molecular weight excluding hydrogens is 280 g/mol. The van der Waals surface area contributed by atoms with E-state index >= 15 is 0 Å². The van der Waals surface area contributed by atoms with Gasteiger partial charge >= 0.3 is 0 Å². The lowest BCUT2D eigenvalue weighted by molar-refractivity contribution is 0.461. The van der Waals surface area contributed by atoms with E-state index in [1.807, 2.05) is 30.3 Å². The molecule has 0 unspecified atom stereocenters. The molecule has 0 spiro atoms. The van der Waals surface area contributed by atoms with Crippen LogP contribution in [-0.2, 0) is 6.42 Å². The summed E-state index contributed by atoms with van der Waals surface area (Å²) >= 11 is 3.36. The Hall–Kier alpha value is -1.86. The summed E-state index contributed by atoms with van der Waals surface area (Å²) in [7, 11) is 0. The molecule has 3 nitrogen and oxygen atoms in total. The predicted molar refractivity (Wildman–Crippen MR) is 67.8 cm³/mol. The van der Waals surface area contributed by atoms with Crippen LogP contribution in [0.25, 0.3) is 0 Å². The second-order valence-corrected chi connectivity index (χ2v) is 4.27. The van der Waals surface area contributed by atoms with E-state index in [4.69, 9.17) is 10.00 Å². The van der Waals surface area contributed by atoms with Crippen molar-refractivity contribution in [3.05, 3.63) is 52.6 Å². The Labute approximate surface area is 108 Å². The summed E-state index contributed by atoms with van der Waals surface area (Å²) in [6.45, 7) is 0. The maximum atomic E-state index is 8.59. The smallest absolute Gasteiger partial charge is 0.219 e. The van der Waals surface area contributed by atoms with Crippen LogP contribution in [0.15, 0.2) is 46.9 Å². The second kappa shape index (κ2) is 5.46. The fraction of sp³-hybridized carbons (Fsp3) is 0.0769. The summed E-state index contributed by atoms with van der Waals surface area (Å²) in [5.41, 5.74) is 0.710.